The molecule has 0 radical (unpaired) electrons. The molecule has 0 spiro atoms. The van der Waals surface area contributed by atoms with Crippen LogP contribution in [0.25, 0.3) is 0 Å². The van der Waals surface area contributed by atoms with Crippen LogP contribution < -0.4 is 0 Å². The fourth-order valence-electron chi connectivity index (χ4n) is 0. The molecule has 2 nitrogen and oxygen atoms in total. The topological polar surface area (TPSA) is 37.3 Å². The summed E-state index contributed by atoms with van der Waals surface area (Å²) in [7, 11) is -0.250. The van der Waals surface area contributed by atoms with Crippen LogP contribution in [0.15, 0.2) is 0 Å². The van der Waals surface area contributed by atoms with E-state index in [9.17, 15) is 0 Å². The van der Waals surface area contributed by atoms with Crippen LogP contribution in [0.5, 0.6) is 0 Å². The van der Waals surface area contributed by atoms with Gasteiger partial charge in [-0.25, -0.2) is 0 Å². The minimum atomic E-state index is -0.250. The third-order valence-corrected chi connectivity index (χ3v) is 0. The van der Waals surface area contributed by atoms with Crippen LogP contribution in [0.2, 0.25) is 0 Å². The Kier molecular flexibility index (Phi) is 20.1. The zero-order valence-electron chi connectivity index (χ0n) is 4.14. The van der Waals surface area contributed by atoms with E-state index in [4.69, 9.17) is 9.73 Å². The summed E-state index contributed by atoms with van der Waals surface area (Å²) < 4.78 is 8.36. The van der Waals surface area contributed by atoms with Gasteiger partial charge in [-0.05, 0) is 0 Å². The third kappa shape index (κ3) is 12.7. The van der Waals surface area contributed by atoms with E-state index in [2.05, 4.69) is 0 Å². The van der Waals surface area contributed by atoms with Crippen molar-refractivity contribution in [2.24, 2.45) is 0 Å². The first-order chi connectivity index (χ1) is 1.41. The standard InChI is InChI=1S/BHO2.Ca.2H/c2-1-3;;;/h2H;;;/q;+2;2*-1. The van der Waals surface area contributed by atoms with Crippen LogP contribution in [0.1, 0.15) is 2.85 Å². The van der Waals surface area contributed by atoms with Gasteiger partial charge in [-0.15, -0.1) is 0 Å². The number of hydrogen-bond donors (Lipinski definition) is 1. The Morgan fingerprint density at radius 1 is 2.00 bits per heavy atom. The van der Waals surface area contributed by atoms with Crippen LogP contribution in [-0.2, 0) is 4.70 Å². The monoisotopic (exact) mass is 86.0 g/mol. The molecule has 0 heterocycles. The fraction of sp³-hybridized carbons (Fsp3) is 0. The molecular formula is H3BCaO2. The first kappa shape index (κ1) is 8.87. The molecule has 0 aliphatic rings. The quantitative estimate of drug-likeness (QED) is 0.375. The molecule has 0 aromatic rings. The zero-order chi connectivity index (χ0) is 2.71. The maximum absolute atomic E-state index is 8.36. The zero-order valence-corrected chi connectivity index (χ0v) is 4.35. The van der Waals surface area contributed by atoms with E-state index in [0.29, 0.717) is 0 Å². The van der Waals surface area contributed by atoms with Crippen LogP contribution >= 0.6 is 0 Å². The SMILES string of the molecule is O=BO.[Ca+2].[H-].[H-]. The van der Waals surface area contributed by atoms with Gasteiger partial charge < -0.3 is 2.85 Å². The van der Waals surface area contributed by atoms with Crippen LogP contribution in [-0.4, -0.2) is 50.1 Å². The van der Waals surface area contributed by atoms with Gasteiger partial charge in [0.25, 0.3) is 0 Å². The van der Waals surface area contributed by atoms with Gasteiger partial charge in [-0.1, -0.05) is 0 Å². The third-order valence-electron chi connectivity index (χ3n) is 0. The van der Waals surface area contributed by atoms with Crippen molar-refractivity contribution in [1.29, 1.82) is 0 Å². The van der Waals surface area contributed by atoms with Gasteiger partial charge in [0.05, 0.1) is 0 Å². The van der Waals surface area contributed by atoms with Crippen molar-refractivity contribution >= 4 is 45.1 Å². The minimum absolute atomic E-state index is 0. The molecule has 0 atom stereocenters. The molecule has 0 saturated carbocycles. The van der Waals surface area contributed by atoms with Crippen molar-refractivity contribution in [3.63, 3.8) is 0 Å². The van der Waals surface area contributed by atoms with E-state index >= 15 is 0 Å². The number of rotatable bonds is 0. The second kappa shape index (κ2) is 9.06. The summed E-state index contributed by atoms with van der Waals surface area (Å²) in [5, 5.41) is 6.89. The van der Waals surface area contributed by atoms with Gasteiger partial charge in [-0.3, -0.25) is 0 Å². The summed E-state index contributed by atoms with van der Waals surface area (Å²) in [6.45, 7) is 0. The summed E-state index contributed by atoms with van der Waals surface area (Å²) in [6.07, 6.45) is 0. The molecule has 0 aliphatic heterocycles. The second-order valence-electron chi connectivity index (χ2n) is 0.105. The molecule has 1 N–H and O–H groups in total. The van der Waals surface area contributed by atoms with E-state index in [1.807, 2.05) is 0 Å². The Bertz CT molecular complexity index is 19.0. The molecule has 0 bridgehead atoms. The van der Waals surface area contributed by atoms with Crippen molar-refractivity contribution < 1.29 is 12.6 Å². The fourth-order valence-corrected chi connectivity index (χ4v) is 0. The first-order valence-electron chi connectivity index (χ1n) is 0.494. The van der Waals surface area contributed by atoms with Crippen molar-refractivity contribution in [3.8, 4) is 0 Å². The average molecular weight is 85.9 g/mol. The molecule has 0 aliphatic carbocycles. The van der Waals surface area contributed by atoms with Crippen LogP contribution in [0.3, 0.4) is 0 Å². The van der Waals surface area contributed by atoms with Crippen molar-refractivity contribution in [2.75, 3.05) is 0 Å². The van der Waals surface area contributed by atoms with Crippen molar-refractivity contribution in [3.05, 3.63) is 0 Å². The summed E-state index contributed by atoms with van der Waals surface area (Å²) >= 11 is 0. The van der Waals surface area contributed by atoms with Crippen LogP contribution in [0, 0.1) is 0 Å². The Morgan fingerprint density at radius 2 is 2.00 bits per heavy atom. The van der Waals surface area contributed by atoms with E-state index in [0.717, 1.165) is 0 Å². The normalized spacial score (nSPS) is 2.00. The molecule has 0 aromatic carbocycles. The van der Waals surface area contributed by atoms with Crippen molar-refractivity contribution in [2.45, 2.75) is 0 Å². The Morgan fingerprint density at radius 3 is 2.00 bits per heavy atom. The van der Waals surface area contributed by atoms with Gasteiger partial charge >= 0.3 is 54.8 Å². The van der Waals surface area contributed by atoms with E-state index in [1.54, 1.807) is 0 Å². The van der Waals surface area contributed by atoms with Crippen molar-refractivity contribution in [1.82, 2.24) is 0 Å². The van der Waals surface area contributed by atoms with Gasteiger partial charge in [0.1, 0.15) is 0 Å². The number of hydrogen-bond acceptors (Lipinski definition) is 1. The molecule has 0 aromatic heterocycles. The van der Waals surface area contributed by atoms with Gasteiger partial charge in [0, 0.05) is 0 Å². The molecule has 4 heteroatoms. The Hall–Kier alpha value is 0.925. The minimum Gasteiger partial charge on any atom is -1.00 e. The molecule has 0 fully saturated rings. The van der Waals surface area contributed by atoms with Gasteiger partial charge in [-0.2, -0.15) is 0 Å². The predicted octanol–water partition coefficient (Wildman–Crippen LogP) is -1.21. The molecule has 4 heavy (non-hydrogen) atoms. The average Bonchev–Trinajstić information content (AvgIpc) is 0.918. The van der Waals surface area contributed by atoms with Gasteiger partial charge in [0.15, 0.2) is 0 Å². The second-order valence-corrected chi connectivity index (χ2v) is 0.105. The molecule has 0 amide bonds. The molecule has 20 valence electrons. The summed E-state index contributed by atoms with van der Waals surface area (Å²) in [4.78, 5) is 0. The van der Waals surface area contributed by atoms with E-state index < -0.39 is 0 Å². The molecule has 0 rings (SSSR count). The molecule has 0 unspecified atom stereocenters. The van der Waals surface area contributed by atoms with Gasteiger partial charge in [0.2, 0.25) is 0 Å². The Labute approximate surface area is 57.5 Å². The maximum atomic E-state index is 8.36. The first-order valence-corrected chi connectivity index (χ1v) is 0.494. The summed E-state index contributed by atoms with van der Waals surface area (Å²) in [6, 6.07) is 0. The van der Waals surface area contributed by atoms with Crippen LogP contribution in [0.4, 0.5) is 0 Å². The van der Waals surface area contributed by atoms with E-state index in [-0.39, 0.29) is 47.9 Å². The molecular weight excluding hydrogens is 82.9 g/mol. The molecule has 0 saturated heterocycles. The maximum Gasteiger partial charge on any atom is 2.00 e. The Balaban J connectivity index is -0.00000000667. The smallest absolute Gasteiger partial charge is 1.00 e. The predicted molar refractivity (Wildman–Crippen MR) is 16.6 cm³/mol. The largest absolute Gasteiger partial charge is 2.00 e. The summed E-state index contributed by atoms with van der Waals surface area (Å²) in [5.41, 5.74) is 0. The summed E-state index contributed by atoms with van der Waals surface area (Å²) in [5.74, 6) is 0. The van der Waals surface area contributed by atoms with E-state index in [1.165, 1.54) is 0 Å².